The molecule has 5 rings (SSSR count). The van der Waals surface area contributed by atoms with Gasteiger partial charge in [-0.3, -0.25) is 4.79 Å². The predicted molar refractivity (Wildman–Crippen MR) is 122 cm³/mol. The van der Waals surface area contributed by atoms with Crippen LogP contribution in [-0.2, 0) is 4.74 Å². The first-order valence-corrected chi connectivity index (χ1v) is 11.0. The van der Waals surface area contributed by atoms with Crippen molar-refractivity contribution in [1.82, 2.24) is 9.97 Å². The molecular weight excluding hydrogens is 410 g/mol. The first-order chi connectivity index (χ1) is 15.2. The summed E-state index contributed by atoms with van der Waals surface area (Å²) in [6, 6.07) is 17.4. The van der Waals surface area contributed by atoms with Crippen LogP contribution in [0.5, 0.6) is 5.88 Å². The van der Waals surface area contributed by atoms with E-state index < -0.39 is 0 Å². The van der Waals surface area contributed by atoms with Gasteiger partial charge in [0, 0.05) is 23.9 Å². The van der Waals surface area contributed by atoms with E-state index in [4.69, 9.17) is 14.5 Å². The van der Waals surface area contributed by atoms with Gasteiger partial charge in [0.25, 0.3) is 5.91 Å². The number of aryl methyl sites for hydroxylation is 1. The van der Waals surface area contributed by atoms with Crippen LogP contribution in [0.25, 0.3) is 20.8 Å². The number of fused-ring (bicyclic) bond motifs is 1. The molecule has 1 atom stereocenters. The van der Waals surface area contributed by atoms with Gasteiger partial charge in [0.2, 0.25) is 5.88 Å². The number of thiazole rings is 1. The van der Waals surface area contributed by atoms with Crippen LogP contribution in [0.2, 0.25) is 0 Å². The SMILES string of the molecule is Cc1ccc2nc(-c3ccc(NC(=O)c4cccnc4OC4CCOC4)cc3)sc2c1. The molecule has 0 radical (unpaired) electrons. The third-order valence-corrected chi connectivity index (χ3v) is 6.18. The molecule has 0 aliphatic carbocycles. The topological polar surface area (TPSA) is 73.3 Å². The van der Waals surface area contributed by atoms with E-state index in [2.05, 4.69) is 29.4 Å². The molecule has 156 valence electrons. The molecule has 4 aromatic rings. The number of aromatic nitrogens is 2. The largest absolute Gasteiger partial charge is 0.471 e. The summed E-state index contributed by atoms with van der Waals surface area (Å²) in [5, 5.41) is 3.89. The van der Waals surface area contributed by atoms with Crippen molar-refractivity contribution < 1.29 is 14.3 Å². The number of anilines is 1. The summed E-state index contributed by atoms with van der Waals surface area (Å²) in [5.41, 5.74) is 4.34. The quantitative estimate of drug-likeness (QED) is 0.477. The van der Waals surface area contributed by atoms with E-state index >= 15 is 0 Å². The summed E-state index contributed by atoms with van der Waals surface area (Å²) in [6.07, 6.45) is 2.35. The van der Waals surface area contributed by atoms with E-state index in [9.17, 15) is 4.79 Å². The van der Waals surface area contributed by atoms with Gasteiger partial charge in [0.1, 0.15) is 16.7 Å². The number of rotatable bonds is 5. The van der Waals surface area contributed by atoms with Crippen LogP contribution < -0.4 is 10.1 Å². The Hall–Kier alpha value is -3.29. The fraction of sp³-hybridized carbons (Fsp3) is 0.208. The van der Waals surface area contributed by atoms with E-state index in [1.807, 2.05) is 30.3 Å². The van der Waals surface area contributed by atoms with Crippen molar-refractivity contribution in [2.24, 2.45) is 0 Å². The number of nitrogens with one attached hydrogen (secondary N) is 1. The number of carbonyl (C=O) groups excluding carboxylic acids is 1. The third-order valence-electron chi connectivity index (χ3n) is 5.12. The van der Waals surface area contributed by atoms with E-state index in [-0.39, 0.29) is 12.0 Å². The number of ether oxygens (including phenoxy) is 2. The molecule has 1 aliphatic heterocycles. The average Bonchev–Trinajstić information content (AvgIpc) is 3.44. The minimum Gasteiger partial charge on any atom is -0.471 e. The Labute approximate surface area is 183 Å². The summed E-state index contributed by atoms with van der Waals surface area (Å²) in [5.74, 6) is 0.0714. The van der Waals surface area contributed by atoms with Crippen molar-refractivity contribution in [2.75, 3.05) is 18.5 Å². The van der Waals surface area contributed by atoms with Crippen molar-refractivity contribution in [3.05, 3.63) is 71.9 Å². The first-order valence-electron chi connectivity index (χ1n) is 10.1. The molecule has 1 N–H and O–H groups in total. The Morgan fingerprint density at radius 1 is 1.19 bits per heavy atom. The zero-order valence-corrected chi connectivity index (χ0v) is 17.8. The molecule has 6 nitrogen and oxygen atoms in total. The van der Waals surface area contributed by atoms with Gasteiger partial charge < -0.3 is 14.8 Å². The summed E-state index contributed by atoms with van der Waals surface area (Å²) in [6.45, 7) is 3.26. The Bertz CT molecular complexity index is 1230. The summed E-state index contributed by atoms with van der Waals surface area (Å²) < 4.78 is 12.4. The lowest BCUT2D eigenvalue weighted by Crippen LogP contribution is -2.20. The van der Waals surface area contributed by atoms with Crippen molar-refractivity contribution in [2.45, 2.75) is 19.4 Å². The summed E-state index contributed by atoms with van der Waals surface area (Å²) >= 11 is 1.66. The summed E-state index contributed by atoms with van der Waals surface area (Å²) in [4.78, 5) is 21.8. The van der Waals surface area contributed by atoms with Crippen LogP contribution >= 0.6 is 11.3 Å². The Morgan fingerprint density at radius 2 is 2.06 bits per heavy atom. The van der Waals surface area contributed by atoms with Crippen LogP contribution in [0.1, 0.15) is 22.3 Å². The highest BCUT2D eigenvalue weighted by atomic mass is 32.1. The number of nitrogens with zero attached hydrogens (tertiary/aromatic N) is 2. The van der Waals surface area contributed by atoms with Crippen molar-refractivity contribution in [1.29, 1.82) is 0 Å². The average molecular weight is 432 g/mol. The van der Waals surface area contributed by atoms with Gasteiger partial charge in [-0.1, -0.05) is 6.07 Å². The number of amides is 1. The second kappa shape index (κ2) is 8.45. The lowest BCUT2D eigenvalue weighted by molar-refractivity contribution is 0.101. The van der Waals surface area contributed by atoms with Crippen LogP contribution in [-0.4, -0.2) is 35.2 Å². The van der Waals surface area contributed by atoms with Crippen LogP contribution in [0.3, 0.4) is 0 Å². The molecule has 2 aromatic carbocycles. The molecule has 1 fully saturated rings. The van der Waals surface area contributed by atoms with Gasteiger partial charge in [-0.25, -0.2) is 9.97 Å². The maximum absolute atomic E-state index is 12.8. The highest BCUT2D eigenvalue weighted by Crippen LogP contribution is 2.31. The van der Waals surface area contributed by atoms with Crippen molar-refractivity contribution >= 4 is 33.1 Å². The van der Waals surface area contributed by atoms with Crippen LogP contribution in [0.15, 0.2) is 60.8 Å². The number of hydrogen-bond donors (Lipinski definition) is 1. The highest BCUT2D eigenvalue weighted by Gasteiger charge is 2.21. The zero-order valence-electron chi connectivity index (χ0n) is 17.0. The van der Waals surface area contributed by atoms with E-state index in [0.717, 1.165) is 22.5 Å². The molecule has 3 heterocycles. The highest BCUT2D eigenvalue weighted by molar-refractivity contribution is 7.21. The van der Waals surface area contributed by atoms with E-state index in [0.29, 0.717) is 30.3 Å². The third kappa shape index (κ3) is 4.28. The summed E-state index contributed by atoms with van der Waals surface area (Å²) in [7, 11) is 0. The molecule has 1 unspecified atom stereocenters. The van der Waals surface area contributed by atoms with Gasteiger partial charge in [0.15, 0.2) is 0 Å². The normalized spacial score (nSPS) is 15.8. The van der Waals surface area contributed by atoms with Gasteiger partial charge in [-0.05, 0) is 61.0 Å². The predicted octanol–water partition coefficient (Wildman–Crippen LogP) is 5.09. The van der Waals surface area contributed by atoms with E-state index in [1.165, 1.54) is 10.3 Å². The molecule has 0 spiro atoms. The maximum atomic E-state index is 12.8. The molecule has 7 heteroatoms. The first kappa shape index (κ1) is 19.7. The molecular formula is C24H21N3O3S. The molecule has 1 amide bonds. The molecule has 31 heavy (non-hydrogen) atoms. The number of carbonyl (C=O) groups is 1. The second-order valence-corrected chi connectivity index (χ2v) is 8.51. The Morgan fingerprint density at radius 3 is 2.87 bits per heavy atom. The zero-order chi connectivity index (χ0) is 21.2. The monoisotopic (exact) mass is 431 g/mol. The van der Waals surface area contributed by atoms with Crippen LogP contribution in [0.4, 0.5) is 5.69 Å². The lowest BCUT2D eigenvalue weighted by atomic mass is 10.2. The van der Waals surface area contributed by atoms with Crippen molar-refractivity contribution in [3.8, 4) is 16.5 Å². The fourth-order valence-corrected chi connectivity index (χ4v) is 4.54. The Balaban J connectivity index is 1.32. The fourth-order valence-electron chi connectivity index (χ4n) is 3.47. The molecule has 1 aliphatic rings. The molecule has 1 saturated heterocycles. The molecule has 2 aromatic heterocycles. The Kier molecular flexibility index (Phi) is 5.36. The second-order valence-electron chi connectivity index (χ2n) is 7.48. The minimum absolute atomic E-state index is 0.0710. The van der Waals surface area contributed by atoms with Crippen LogP contribution in [0, 0.1) is 6.92 Å². The van der Waals surface area contributed by atoms with Gasteiger partial charge in [-0.15, -0.1) is 11.3 Å². The number of benzene rings is 2. The number of hydrogen-bond acceptors (Lipinski definition) is 6. The van der Waals surface area contributed by atoms with Gasteiger partial charge in [0.05, 0.1) is 23.4 Å². The number of pyridine rings is 1. The van der Waals surface area contributed by atoms with Crippen molar-refractivity contribution in [3.63, 3.8) is 0 Å². The molecule has 0 bridgehead atoms. The molecule has 0 saturated carbocycles. The minimum atomic E-state index is -0.259. The smallest absolute Gasteiger partial charge is 0.261 e. The van der Waals surface area contributed by atoms with Gasteiger partial charge >= 0.3 is 0 Å². The van der Waals surface area contributed by atoms with E-state index in [1.54, 1.807) is 29.7 Å². The maximum Gasteiger partial charge on any atom is 0.261 e. The standard InChI is InChI=1S/C24H21N3O3S/c1-15-4-9-20-21(13-15)31-24(27-20)16-5-7-17(8-6-16)26-22(28)19-3-2-11-25-23(19)30-18-10-12-29-14-18/h2-9,11,13,18H,10,12,14H2,1H3,(H,26,28). The lowest BCUT2D eigenvalue weighted by Gasteiger charge is -2.14. The van der Waals surface area contributed by atoms with Gasteiger partial charge in [-0.2, -0.15) is 0 Å².